The van der Waals surface area contributed by atoms with Gasteiger partial charge in [-0.1, -0.05) is 139 Å². The summed E-state index contributed by atoms with van der Waals surface area (Å²) in [7, 11) is 0. The summed E-state index contributed by atoms with van der Waals surface area (Å²) in [6, 6.07) is 48.0. The minimum atomic E-state index is 0. The van der Waals surface area contributed by atoms with Gasteiger partial charge in [-0.2, -0.15) is 6.07 Å². The summed E-state index contributed by atoms with van der Waals surface area (Å²) >= 11 is 1.36. The molecule has 0 aliphatic carbocycles. The Bertz CT molecular complexity index is 1920. The Morgan fingerprint density at radius 3 is 1.64 bits per heavy atom. The van der Waals surface area contributed by atoms with E-state index in [0.717, 1.165) is 0 Å². The van der Waals surface area contributed by atoms with Crippen LogP contribution in [0.4, 0.5) is 0 Å². The van der Waals surface area contributed by atoms with Crippen LogP contribution in [0.5, 0.6) is 0 Å². The molecular weight excluding hydrogens is 624 g/mol. The number of hydrogen-bond donors (Lipinski definition) is 0. The Morgan fingerprint density at radius 1 is 0.500 bits per heavy atom. The van der Waals surface area contributed by atoms with Gasteiger partial charge in [-0.25, -0.2) is 0 Å². The Morgan fingerprint density at radius 2 is 1.05 bits per heavy atom. The van der Waals surface area contributed by atoms with Crippen LogP contribution in [0, 0.1) is 42.5 Å². The molecule has 2 radical (unpaired) electrons. The maximum absolute atomic E-state index is 3.06. The van der Waals surface area contributed by atoms with Crippen molar-refractivity contribution in [3.05, 3.63) is 171 Å². The third-order valence-electron chi connectivity index (χ3n) is 7.94. The van der Waals surface area contributed by atoms with E-state index >= 15 is 0 Å². The molecule has 44 heavy (non-hydrogen) atoms. The van der Waals surface area contributed by atoms with Crippen LogP contribution in [0.25, 0.3) is 54.9 Å². The Labute approximate surface area is 281 Å². The van der Waals surface area contributed by atoms with Gasteiger partial charge < -0.3 is 14.9 Å². The van der Waals surface area contributed by atoms with Gasteiger partial charge in [-0.15, -0.1) is 68.6 Å². The molecule has 7 aromatic rings. The number of hydrogen-bond acceptors (Lipinski definition) is 0. The average molecular weight is 664 g/mol. The molecule has 0 nitrogen and oxygen atoms in total. The molecule has 7 rings (SSSR count). The molecule has 0 heterocycles. The Balaban J connectivity index is 0.000000226. The van der Waals surface area contributed by atoms with Crippen LogP contribution in [0.3, 0.4) is 0 Å². The number of rotatable bonds is 3. The monoisotopic (exact) mass is 662 g/mol. The number of fused-ring (bicyclic) bond motifs is 2. The van der Waals surface area contributed by atoms with Crippen molar-refractivity contribution in [2.24, 2.45) is 0 Å². The van der Waals surface area contributed by atoms with Gasteiger partial charge in [0.1, 0.15) is 0 Å². The molecule has 0 aromatic heterocycles. The van der Waals surface area contributed by atoms with E-state index in [1.807, 2.05) is 0 Å². The van der Waals surface area contributed by atoms with Crippen LogP contribution in [-0.4, -0.2) is 6.88 Å². The first-order chi connectivity index (χ1) is 20.5. The van der Waals surface area contributed by atoms with Gasteiger partial charge in [0.25, 0.3) is 0 Å². The van der Waals surface area contributed by atoms with E-state index in [9.17, 15) is 0 Å². The number of benzene rings is 5. The summed E-state index contributed by atoms with van der Waals surface area (Å²) in [5.41, 5.74) is 13.3. The molecule has 0 saturated heterocycles. The fourth-order valence-corrected chi connectivity index (χ4v) is 5.98. The van der Waals surface area contributed by atoms with Crippen LogP contribution in [-0.2, 0) is 23.3 Å². The Hall–Kier alpha value is -3.58. The summed E-state index contributed by atoms with van der Waals surface area (Å²) in [5, 5.41) is 5.39. The Kier molecular flexibility index (Phi) is 12.6. The van der Waals surface area contributed by atoms with E-state index < -0.39 is 0 Å². The second-order valence-electron chi connectivity index (χ2n) is 10.8. The number of aryl methyl sites for hydroxylation is 4. The zero-order valence-corrected chi connectivity index (χ0v) is 30.2. The molecule has 0 aliphatic heterocycles. The van der Waals surface area contributed by atoms with Gasteiger partial charge in [0.05, 0.1) is 0 Å². The molecule has 0 atom stereocenters. The summed E-state index contributed by atoms with van der Waals surface area (Å²) in [6.07, 6.45) is 0. The first kappa shape index (κ1) is 34.9. The van der Waals surface area contributed by atoms with Crippen LogP contribution in [0.1, 0.15) is 22.3 Å². The summed E-state index contributed by atoms with van der Waals surface area (Å²) in [6.45, 7) is 11.8. The van der Waals surface area contributed by atoms with E-state index in [4.69, 9.17) is 0 Å². The molecule has 0 amide bonds. The first-order valence-electron chi connectivity index (χ1n) is 14.3. The van der Waals surface area contributed by atoms with Crippen LogP contribution in [0.2, 0.25) is 0 Å². The summed E-state index contributed by atoms with van der Waals surface area (Å²) in [5.74, 6) is 0. The van der Waals surface area contributed by atoms with Crippen LogP contribution >= 0.6 is 0 Å². The molecule has 7 aromatic carbocycles. The molecule has 0 saturated carbocycles. The standard InChI is InChI=1S/C23H19.C17H15.2CH3.Si.Zr/c1-16-8-6-9-17(2)23(16)20-14-19-12-7-13-21(22(19)15-20)18-10-4-3-5-11-18;1-12-10-16-13(2)8-9-15(17(16)11-12)14-6-4-3-5-7-14;;;;/h3-15H,1-2H3;3-11H,1-2H3;2*1H3;;/q4*-1;;. The van der Waals surface area contributed by atoms with Gasteiger partial charge in [0.15, 0.2) is 0 Å². The third-order valence-corrected chi connectivity index (χ3v) is 7.94. The predicted molar refractivity (Wildman–Crippen MR) is 193 cm³/mol. The van der Waals surface area contributed by atoms with Crippen molar-refractivity contribution in [2.75, 3.05) is 0 Å². The van der Waals surface area contributed by atoms with Gasteiger partial charge in [0.2, 0.25) is 0 Å². The van der Waals surface area contributed by atoms with Crippen molar-refractivity contribution < 1.29 is 23.3 Å². The molecule has 0 bridgehead atoms. The first-order valence-corrected chi connectivity index (χ1v) is 18.5. The molecule has 0 fully saturated rings. The molecular formula is C42H40SiZr-4. The van der Waals surface area contributed by atoms with E-state index in [0.29, 0.717) is 0 Å². The quantitative estimate of drug-likeness (QED) is 0.130. The normalized spacial score (nSPS) is 10.1. The summed E-state index contributed by atoms with van der Waals surface area (Å²) < 4.78 is 0. The van der Waals surface area contributed by atoms with Crippen LogP contribution < -0.4 is 0 Å². The molecule has 220 valence electrons. The van der Waals surface area contributed by atoms with Crippen molar-refractivity contribution in [3.63, 3.8) is 0 Å². The maximum atomic E-state index is 3.06. The SMILES string of the molecule is Cc1cc2c(-c3ccccc3)ccc(C)c2[cH-]1.Cc1cccc(C)c1-c1cc2c(-c3ccccc3)cccc2[cH-]1.[CH3-].[CH3-].[Si]=[Zr]. The second kappa shape index (κ2) is 15.9. The van der Waals surface area contributed by atoms with Crippen molar-refractivity contribution in [1.82, 2.24) is 0 Å². The molecule has 0 spiro atoms. The topological polar surface area (TPSA) is 0 Å². The van der Waals surface area contributed by atoms with Gasteiger partial charge >= 0.3 is 30.2 Å². The van der Waals surface area contributed by atoms with E-state index in [-0.39, 0.29) is 14.9 Å². The van der Waals surface area contributed by atoms with E-state index in [1.54, 1.807) is 0 Å². The van der Waals surface area contributed by atoms with E-state index in [1.165, 1.54) is 101 Å². The van der Waals surface area contributed by atoms with Gasteiger partial charge in [0, 0.05) is 0 Å². The summed E-state index contributed by atoms with van der Waals surface area (Å²) in [4.78, 5) is 0. The van der Waals surface area contributed by atoms with Crippen molar-refractivity contribution >= 4 is 28.4 Å². The molecule has 0 N–H and O–H groups in total. The third kappa shape index (κ3) is 7.37. The molecule has 0 unspecified atom stereocenters. The van der Waals surface area contributed by atoms with Crippen molar-refractivity contribution in [2.45, 2.75) is 27.7 Å². The van der Waals surface area contributed by atoms with E-state index in [2.05, 4.69) is 168 Å². The fourth-order valence-electron chi connectivity index (χ4n) is 5.98. The minimum absolute atomic E-state index is 0. The molecule has 0 aliphatic rings. The van der Waals surface area contributed by atoms with Crippen molar-refractivity contribution in [1.29, 1.82) is 0 Å². The van der Waals surface area contributed by atoms with Crippen LogP contribution in [0.15, 0.2) is 133 Å². The molecule has 2 heteroatoms. The zero-order chi connectivity index (χ0) is 29.6. The van der Waals surface area contributed by atoms with Crippen molar-refractivity contribution in [3.8, 4) is 33.4 Å². The fraction of sp³-hybridized carbons (Fsp3) is 0.0952. The average Bonchev–Trinajstić information content (AvgIpc) is 3.63. The predicted octanol–water partition coefficient (Wildman–Crippen LogP) is 11.9. The zero-order valence-electron chi connectivity index (χ0n) is 26.7. The van der Waals surface area contributed by atoms with Gasteiger partial charge in [-0.05, 0) is 25.0 Å². The second-order valence-corrected chi connectivity index (χ2v) is 10.8. The van der Waals surface area contributed by atoms with Gasteiger partial charge in [-0.3, -0.25) is 0 Å².